The fraction of sp³-hybridized carbons (Fsp3) is 0.154. The second kappa shape index (κ2) is 6.44. The number of methoxy groups -OCH3 is 1. The van der Waals surface area contributed by atoms with Gasteiger partial charge in [-0.1, -0.05) is 0 Å². The minimum atomic E-state index is -5.06. The average molecular weight is 295 g/mol. The molecule has 0 aliphatic heterocycles. The van der Waals surface area contributed by atoms with Crippen LogP contribution in [0.4, 0.5) is 18.9 Å². The van der Waals surface area contributed by atoms with E-state index in [4.69, 9.17) is 15.3 Å². The van der Waals surface area contributed by atoms with Crippen LogP contribution in [0.2, 0.25) is 0 Å². The Morgan fingerprint density at radius 1 is 1.33 bits per heavy atom. The maximum atomic E-state index is 12.5. The first-order chi connectivity index (χ1) is 9.83. The van der Waals surface area contributed by atoms with Crippen molar-refractivity contribution in [2.45, 2.75) is 6.18 Å². The summed E-state index contributed by atoms with van der Waals surface area (Å²) < 4.78 is 42.4. The molecule has 0 amide bonds. The number of rotatable bonds is 4. The third-order valence-corrected chi connectivity index (χ3v) is 2.34. The molecule has 8 heteroatoms. The Labute approximate surface area is 117 Å². The fourth-order valence-corrected chi connectivity index (χ4v) is 1.36. The van der Waals surface area contributed by atoms with Gasteiger partial charge in [0, 0.05) is 11.9 Å². The number of nitriles is 2. The molecule has 1 rings (SSSR count). The third kappa shape index (κ3) is 3.98. The van der Waals surface area contributed by atoms with Crippen LogP contribution in [-0.2, 0) is 0 Å². The molecule has 21 heavy (non-hydrogen) atoms. The normalized spacial score (nSPS) is 10.0. The first-order valence-electron chi connectivity index (χ1n) is 5.40. The molecule has 0 fully saturated rings. The molecule has 0 saturated carbocycles. The number of anilines is 1. The number of nitrogens with one attached hydrogen (secondary N) is 1. The molecule has 1 N–H and O–H groups in total. The molecule has 0 saturated heterocycles. The minimum absolute atomic E-state index is 0.0675. The van der Waals surface area contributed by atoms with Crippen molar-refractivity contribution >= 4 is 11.5 Å². The van der Waals surface area contributed by atoms with Crippen LogP contribution in [0, 0.1) is 22.7 Å². The van der Waals surface area contributed by atoms with Gasteiger partial charge in [-0.25, -0.2) is 0 Å². The molecule has 0 aliphatic carbocycles. The summed E-state index contributed by atoms with van der Waals surface area (Å²) >= 11 is 0. The van der Waals surface area contributed by atoms with Crippen molar-refractivity contribution in [3.8, 4) is 17.9 Å². The van der Waals surface area contributed by atoms with Gasteiger partial charge in [0.25, 0.3) is 5.78 Å². The largest absolute Gasteiger partial charge is 0.497 e. The number of alkyl halides is 3. The number of nitrogens with zero attached hydrogens (tertiary/aromatic N) is 2. The Bertz CT molecular complexity index is 651. The summed E-state index contributed by atoms with van der Waals surface area (Å²) in [7, 11) is 1.24. The van der Waals surface area contributed by atoms with E-state index in [1.165, 1.54) is 31.4 Å². The van der Waals surface area contributed by atoms with Crippen LogP contribution in [-0.4, -0.2) is 19.1 Å². The first kappa shape index (κ1) is 16.1. The Morgan fingerprint density at radius 3 is 2.43 bits per heavy atom. The minimum Gasteiger partial charge on any atom is -0.497 e. The number of hydrogen-bond acceptors (Lipinski definition) is 5. The van der Waals surface area contributed by atoms with E-state index >= 15 is 0 Å². The Kier molecular flexibility index (Phi) is 4.92. The Hall–Kier alpha value is -3.00. The smallest absolute Gasteiger partial charge is 0.454 e. The molecule has 0 unspecified atom stereocenters. The average Bonchev–Trinajstić information content (AvgIpc) is 2.46. The second-order valence-corrected chi connectivity index (χ2v) is 3.66. The second-order valence-electron chi connectivity index (χ2n) is 3.66. The van der Waals surface area contributed by atoms with Gasteiger partial charge in [0.2, 0.25) is 0 Å². The molecular weight excluding hydrogens is 287 g/mol. The van der Waals surface area contributed by atoms with Gasteiger partial charge in [-0.15, -0.1) is 0 Å². The zero-order valence-electron chi connectivity index (χ0n) is 10.7. The molecule has 108 valence electrons. The highest BCUT2D eigenvalue weighted by molar-refractivity contribution is 6.05. The highest BCUT2D eigenvalue weighted by Crippen LogP contribution is 2.29. The van der Waals surface area contributed by atoms with Crippen molar-refractivity contribution in [2.75, 3.05) is 12.4 Å². The molecule has 0 radical (unpaired) electrons. The fourth-order valence-electron chi connectivity index (χ4n) is 1.36. The summed E-state index contributed by atoms with van der Waals surface area (Å²) in [4.78, 5) is 11.4. The zero-order valence-corrected chi connectivity index (χ0v) is 10.7. The van der Waals surface area contributed by atoms with Gasteiger partial charge in [0.05, 0.1) is 12.7 Å². The lowest BCUT2D eigenvalue weighted by Crippen LogP contribution is -2.23. The lowest BCUT2D eigenvalue weighted by Gasteiger charge is -2.12. The van der Waals surface area contributed by atoms with Crippen LogP contribution in [0.1, 0.15) is 10.4 Å². The quantitative estimate of drug-likeness (QED) is 0.682. The number of carbonyl (C=O) groups is 1. The van der Waals surface area contributed by atoms with Crippen LogP contribution < -0.4 is 10.1 Å². The van der Waals surface area contributed by atoms with E-state index in [2.05, 4.69) is 5.32 Å². The molecule has 0 atom stereocenters. The number of carbonyl (C=O) groups excluding carboxylic acids is 1. The van der Waals surface area contributed by atoms with Crippen LogP contribution in [0.25, 0.3) is 0 Å². The van der Waals surface area contributed by atoms with E-state index in [-0.39, 0.29) is 17.0 Å². The predicted molar refractivity (Wildman–Crippen MR) is 66.3 cm³/mol. The van der Waals surface area contributed by atoms with Gasteiger partial charge in [-0.2, -0.15) is 23.7 Å². The van der Waals surface area contributed by atoms with E-state index in [1.54, 1.807) is 0 Å². The highest BCUT2D eigenvalue weighted by Gasteiger charge is 2.40. The molecule has 0 aliphatic rings. The standard InChI is InChI=1S/C13H8F3N3O2/c1-21-9-2-3-11(19-7-8(5-17)6-18)10(4-9)12(20)13(14,15)16/h2-4,7,19H,1H3. The summed E-state index contributed by atoms with van der Waals surface area (Å²) in [6.07, 6.45) is -4.14. The van der Waals surface area contributed by atoms with E-state index in [0.717, 1.165) is 12.3 Å². The Morgan fingerprint density at radius 2 is 1.95 bits per heavy atom. The number of hydrogen-bond donors (Lipinski definition) is 1. The number of ether oxygens (including phenoxy) is 1. The van der Waals surface area contributed by atoms with Crippen molar-refractivity contribution in [1.82, 2.24) is 0 Å². The molecule has 0 heterocycles. The summed E-state index contributed by atoms with van der Waals surface area (Å²) in [6.45, 7) is 0. The van der Waals surface area contributed by atoms with Crippen molar-refractivity contribution in [2.24, 2.45) is 0 Å². The van der Waals surface area contributed by atoms with Gasteiger partial charge in [0.1, 0.15) is 23.5 Å². The summed E-state index contributed by atoms with van der Waals surface area (Å²) in [5, 5.41) is 19.4. The highest BCUT2D eigenvalue weighted by atomic mass is 19.4. The number of halogens is 3. The molecular formula is C13H8F3N3O2. The summed E-state index contributed by atoms with van der Waals surface area (Å²) in [5.74, 6) is -1.99. The number of Topliss-reactive ketones (excluding diaryl/α,β-unsaturated/α-hetero) is 1. The lowest BCUT2D eigenvalue weighted by atomic mass is 10.1. The zero-order chi connectivity index (χ0) is 16.0. The van der Waals surface area contributed by atoms with Crippen LogP contribution in [0.3, 0.4) is 0 Å². The summed E-state index contributed by atoms with van der Waals surface area (Å²) in [5.41, 5.74) is -1.22. The van der Waals surface area contributed by atoms with Crippen molar-refractivity contribution in [1.29, 1.82) is 10.5 Å². The molecule has 1 aromatic rings. The molecule has 1 aromatic carbocycles. The maximum absolute atomic E-state index is 12.5. The molecule has 0 bridgehead atoms. The number of benzene rings is 1. The van der Waals surface area contributed by atoms with Gasteiger partial charge >= 0.3 is 6.18 Å². The number of ketones is 1. The van der Waals surface area contributed by atoms with Crippen LogP contribution >= 0.6 is 0 Å². The third-order valence-electron chi connectivity index (χ3n) is 2.34. The first-order valence-corrected chi connectivity index (χ1v) is 5.40. The van der Waals surface area contributed by atoms with Crippen molar-refractivity contribution in [3.63, 3.8) is 0 Å². The SMILES string of the molecule is COc1ccc(NC=C(C#N)C#N)c(C(=O)C(F)(F)F)c1. The monoisotopic (exact) mass is 295 g/mol. The molecule has 0 aromatic heterocycles. The van der Waals surface area contributed by atoms with Crippen LogP contribution in [0.15, 0.2) is 30.0 Å². The Balaban J connectivity index is 3.28. The van der Waals surface area contributed by atoms with Crippen molar-refractivity contribution < 1.29 is 22.7 Å². The maximum Gasteiger partial charge on any atom is 0.454 e. The van der Waals surface area contributed by atoms with E-state index in [1.807, 2.05) is 0 Å². The molecule has 0 spiro atoms. The van der Waals surface area contributed by atoms with E-state index in [0.29, 0.717) is 0 Å². The lowest BCUT2D eigenvalue weighted by molar-refractivity contribution is -0.0884. The van der Waals surface area contributed by atoms with Crippen molar-refractivity contribution in [3.05, 3.63) is 35.5 Å². The van der Waals surface area contributed by atoms with Gasteiger partial charge in [0.15, 0.2) is 0 Å². The van der Waals surface area contributed by atoms with Crippen LogP contribution in [0.5, 0.6) is 5.75 Å². The van der Waals surface area contributed by atoms with Gasteiger partial charge in [-0.05, 0) is 18.2 Å². The summed E-state index contributed by atoms with van der Waals surface area (Å²) in [6, 6.07) is 6.50. The van der Waals surface area contributed by atoms with Gasteiger partial charge in [-0.3, -0.25) is 4.79 Å². The van der Waals surface area contributed by atoms with E-state index < -0.39 is 17.5 Å². The number of allylic oxidation sites excluding steroid dienone is 1. The van der Waals surface area contributed by atoms with E-state index in [9.17, 15) is 18.0 Å². The predicted octanol–water partition coefficient (Wildman–Crippen LogP) is 2.78. The molecule has 5 nitrogen and oxygen atoms in total. The van der Waals surface area contributed by atoms with Gasteiger partial charge < -0.3 is 10.1 Å². The topological polar surface area (TPSA) is 85.9 Å².